The highest BCUT2D eigenvalue weighted by molar-refractivity contribution is 7.15. The topological polar surface area (TPSA) is 74.7 Å². The van der Waals surface area contributed by atoms with E-state index in [0.717, 1.165) is 6.42 Å². The minimum absolute atomic E-state index is 0.0947. The third kappa shape index (κ3) is 7.77. The van der Waals surface area contributed by atoms with Gasteiger partial charge in [-0.1, -0.05) is 32.1 Å². The molecule has 1 unspecified atom stereocenters. The first kappa shape index (κ1) is 20.4. The van der Waals surface area contributed by atoms with Crippen molar-refractivity contribution in [3.05, 3.63) is 11.1 Å². The number of hydrogen-bond acceptors (Lipinski definition) is 6. The molecule has 0 saturated carbocycles. The maximum atomic E-state index is 12.3. The van der Waals surface area contributed by atoms with Crippen molar-refractivity contribution in [3.63, 3.8) is 0 Å². The third-order valence-electron chi connectivity index (χ3n) is 3.08. The number of thiazole rings is 1. The van der Waals surface area contributed by atoms with Crippen molar-refractivity contribution in [2.75, 3.05) is 26.7 Å². The quantitative estimate of drug-likeness (QED) is 0.662. The summed E-state index contributed by atoms with van der Waals surface area (Å²) >= 11 is 1.19. The summed E-state index contributed by atoms with van der Waals surface area (Å²) in [4.78, 5) is 18.5. The van der Waals surface area contributed by atoms with E-state index in [2.05, 4.69) is 22.1 Å². The van der Waals surface area contributed by atoms with Gasteiger partial charge in [0.1, 0.15) is 17.6 Å². The van der Waals surface area contributed by atoms with Crippen molar-refractivity contribution >= 4 is 17.2 Å². The Morgan fingerprint density at radius 2 is 2.25 bits per heavy atom. The third-order valence-corrected chi connectivity index (χ3v) is 3.97. The highest BCUT2D eigenvalue weighted by Crippen LogP contribution is 2.21. The lowest BCUT2D eigenvalue weighted by Crippen LogP contribution is -2.35. The number of carbonyl (C=O) groups is 1. The van der Waals surface area contributed by atoms with Gasteiger partial charge in [-0.05, 0) is 0 Å². The van der Waals surface area contributed by atoms with Gasteiger partial charge in [0, 0.05) is 39.0 Å². The van der Waals surface area contributed by atoms with E-state index >= 15 is 0 Å². The SMILES string of the molecule is CCC#CCCN(C)C(=O)c1cnc(OCC(O)CNC(C)C)s1. The van der Waals surface area contributed by atoms with Gasteiger partial charge in [0.25, 0.3) is 11.1 Å². The van der Waals surface area contributed by atoms with Crippen LogP contribution in [0, 0.1) is 11.8 Å². The van der Waals surface area contributed by atoms with Gasteiger partial charge in [0.15, 0.2) is 0 Å². The van der Waals surface area contributed by atoms with E-state index in [1.807, 2.05) is 20.8 Å². The van der Waals surface area contributed by atoms with Crippen LogP contribution in [0.5, 0.6) is 5.19 Å². The number of aromatic nitrogens is 1. The average Bonchev–Trinajstić information content (AvgIpc) is 3.03. The summed E-state index contributed by atoms with van der Waals surface area (Å²) < 4.78 is 5.45. The molecule has 0 aliphatic heterocycles. The second kappa shape index (κ2) is 11.0. The van der Waals surface area contributed by atoms with Gasteiger partial charge in [-0.15, -0.1) is 11.8 Å². The molecule has 0 radical (unpaired) electrons. The second-order valence-corrected chi connectivity index (χ2v) is 6.70. The molecule has 7 heteroatoms. The molecule has 134 valence electrons. The molecule has 1 atom stereocenters. The minimum atomic E-state index is -0.615. The highest BCUT2D eigenvalue weighted by atomic mass is 32.1. The van der Waals surface area contributed by atoms with Gasteiger partial charge in [-0.25, -0.2) is 4.98 Å². The normalized spacial score (nSPS) is 11.8. The Morgan fingerprint density at radius 3 is 2.92 bits per heavy atom. The summed E-state index contributed by atoms with van der Waals surface area (Å²) in [5.74, 6) is 5.91. The largest absolute Gasteiger partial charge is 0.467 e. The molecule has 0 bridgehead atoms. The van der Waals surface area contributed by atoms with Gasteiger partial charge in [0.05, 0.1) is 6.20 Å². The molecule has 2 N–H and O–H groups in total. The molecule has 0 spiro atoms. The zero-order chi connectivity index (χ0) is 17.9. The molecule has 0 aliphatic rings. The van der Waals surface area contributed by atoms with E-state index in [4.69, 9.17) is 4.74 Å². The molecule has 0 aromatic carbocycles. The summed E-state index contributed by atoms with van der Waals surface area (Å²) in [7, 11) is 1.75. The molecule has 24 heavy (non-hydrogen) atoms. The number of aliphatic hydroxyl groups is 1. The Balaban J connectivity index is 2.42. The number of rotatable bonds is 9. The van der Waals surface area contributed by atoms with Crippen LogP contribution in [-0.4, -0.2) is 59.8 Å². The summed E-state index contributed by atoms with van der Waals surface area (Å²) in [6.07, 6.45) is 2.38. The lowest BCUT2D eigenvalue weighted by atomic mass is 10.3. The van der Waals surface area contributed by atoms with E-state index < -0.39 is 6.10 Å². The maximum Gasteiger partial charge on any atom is 0.273 e. The number of nitrogens with zero attached hydrogens (tertiary/aromatic N) is 2. The van der Waals surface area contributed by atoms with Crippen LogP contribution in [0.15, 0.2) is 6.20 Å². The monoisotopic (exact) mass is 353 g/mol. The van der Waals surface area contributed by atoms with Crippen LogP contribution >= 0.6 is 11.3 Å². The fourth-order valence-corrected chi connectivity index (χ4v) is 2.52. The minimum Gasteiger partial charge on any atom is -0.467 e. The van der Waals surface area contributed by atoms with Gasteiger partial charge in [0.2, 0.25) is 0 Å². The van der Waals surface area contributed by atoms with Crippen molar-refractivity contribution < 1.29 is 14.6 Å². The predicted octanol–water partition coefficient (Wildman–Crippen LogP) is 1.76. The summed E-state index contributed by atoms with van der Waals surface area (Å²) in [6, 6.07) is 0.307. The molecule has 1 rings (SSSR count). The number of hydrogen-bond donors (Lipinski definition) is 2. The molecule has 1 heterocycles. The first-order valence-electron chi connectivity index (χ1n) is 8.15. The number of nitrogens with one attached hydrogen (secondary N) is 1. The molecule has 0 fully saturated rings. The van der Waals surface area contributed by atoms with E-state index in [1.54, 1.807) is 11.9 Å². The van der Waals surface area contributed by atoms with Crippen LogP contribution in [-0.2, 0) is 0 Å². The van der Waals surface area contributed by atoms with Crippen LogP contribution in [0.25, 0.3) is 0 Å². The summed E-state index contributed by atoms with van der Waals surface area (Å²) in [5, 5.41) is 13.3. The summed E-state index contributed by atoms with van der Waals surface area (Å²) in [5.41, 5.74) is 0. The molecule has 1 amide bonds. The molecule has 1 aromatic rings. The number of aliphatic hydroxyl groups excluding tert-OH is 1. The van der Waals surface area contributed by atoms with Gasteiger partial charge in [-0.2, -0.15) is 0 Å². The molecule has 6 nitrogen and oxygen atoms in total. The molecule has 1 aromatic heterocycles. The van der Waals surface area contributed by atoms with Gasteiger partial charge in [-0.3, -0.25) is 4.79 Å². The maximum absolute atomic E-state index is 12.3. The highest BCUT2D eigenvalue weighted by Gasteiger charge is 2.16. The first-order valence-corrected chi connectivity index (χ1v) is 8.97. The Hall–Kier alpha value is -1.62. The lowest BCUT2D eigenvalue weighted by Gasteiger charge is -2.14. The Labute approximate surface area is 148 Å². The number of carbonyl (C=O) groups excluding carboxylic acids is 1. The van der Waals surface area contributed by atoms with Gasteiger partial charge >= 0.3 is 0 Å². The smallest absolute Gasteiger partial charge is 0.273 e. The Kier molecular flexibility index (Phi) is 9.38. The van der Waals surface area contributed by atoms with Crippen LogP contribution in [0.2, 0.25) is 0 Å². The van der Waals surface area contributed by atoms with E-state index in [0.29, 0.717) is 35.6 Å². The molecule has 0 saturated heterocycles. The Bertz CT molecular complexity index is 563. The molecular weight excluding hydrogens is 326 g/mol. The van der Waals surface area contributed by atoms with Crippen LogP contribution in [0.3, 0.4) is 0 Å². The van der Waals surface area contributed by atoms with Gasteiger partial charge < -0.3 is 20.1 Å². The number of ether oxygens (including phenoxy) is 1. The fraction of sp³-hybridized carbons (Fsp3) is 0.647. The van der Waals surface area contributed by atoms with Crippen LogP contribution in [0.4, 0.5) is 0 Å². The van der Waals surface area contributed by atoms with E-state index in [9.17, 15) is 9.90 Å². The molecule has 0 aliphatic carbocycles. The molecular formula is C17H27N3O3S. The zero-order valence-corrected chi connectivity index (χ0v) is 15.7. The standard InChI is InChI=1S/C17H27N3O3S/c1-5-6-7-8-9-20(4)16(22)15-11-19-17(24-15)23-12-14(21)10-18-13(2)3/h11,13-14,18,21H,5,8-10,12H2,1-4H3. The van der Waals surface area contributed by atoms with E-state index in [-0.39, 0.29) is 12.5 Å². The van der Waals surface area contributed by atoms with Crippen molar-refractivity contribution in [2.24, 2.45) is 0 Å². The van der Waals surface area contributed by atoms with Crippen molar-refractivity contribution in [1.82, 2.24) is 15.2 Å². The van der Waals surface area contributed by atoms with Crippen LogP contribution < -0.4 is 10.1 Å². The number of amides is 1. The summed E-state index contributed by atoms with van der Waals surface area (Å²) in [6.45, 7) is 7.20. The predicted molar refractivity (Wildman–Crippen MR) is 96.4 cm³/mol. The van der Waals surface area contributed by atoms with Crippen molar-refractivity contribution in [3.8, 4) is 17.0 Å². The lowest BCUT2D eigenvalue weighted by molar-refractivity contribution is 0.0802. The van der Waals surface area contributed by atoms with Crippen molar-refractivity contribution in [2.45, 2.75) is 45.8 Å². The Morgan fingerprint density at radius 1 is 1.50 bits per heavy atom. The zero-order valence-electron chi connectivity index (χ0n) is 14.8. The van der Waals surface area contributed by atoms with Crippen LogP contribution in [0.1, 0.15) is 43.3 Å². The first-order chi connectivity index (χ1) is 11.4. The van der Waals surface area contributed by atoms with E-state index in [1.165, 1.54) is 17.5 Å². The average molecular weight is 353 g/mol. The second-order valence-electron chi connectivity index (χ2n) is 5.70. The van der Waals surface area contributed by atoms with Crippen molar-refractivity contribution in [1.29, 1.82) is 0 Å². The fourth-order valence-electron chi connectivity index (χ4n) is 1.75.